The summed E-state index contributed by atoms with van der Waals surface area (Å²) in [6.07, 6.45) is -0.911. The second kappa shape index (κ2) is 7.01. The molecule has 6 nitrogen and oxygen atoms in total. The number of hydrogen-bond donors (Lipinski definition) is 3. The number of carbonyl (C=O) groups is 1. The van der Waals surface area contributed by atoms with Gasteiger partial charge in [-0.3, -0.25) is 9.89 Å². The minimum absolute atomic E-state index is 0.239. The molecule has 0 aliphatic heterocycles. The maximum atomic E-state index is 11.3. The van der Waals surface area contributed by atoms with Crippen LogP contribution in [0.3, 0.4) is 0 Å². The molecule has 1 aromatic heterocycles. The molecule has 3 N–H and O–H groups in total. The Kier molecular flexibility index (Phi) is 5.08. The standard InChI is InChI=1S/C15H18N2O4/c1-2-21-14(19)9-13(18)15(20)11-5-3-10(4-6-11)12-7-8-16-17-12/h3-8,13,15,18,20H,2,9H2,1H3,(H,16,17). The number of carbonyl (C=O) groups excluding carboxylic acids is 1. The van der Waals surface area contributed by atoms with Crippen LogP contribution in [-0.2, 0) is 9.53 Å². The predicted molar refractivity (Wildman–Crippen MR) is 76.2 cm³/mol. The van der Waals surface area contributed by atoms with Gasteiger partial charge in [-0.1, -0.05) is 24.3 Å². The van der Waals surface area contributed by atoms with Crippen LogP contribution in [0.25, 0.3) is 11.3 Å². The van der Waals surface area contributed by atoms with E-state index in [2.05, 4.69) is 10.2 Å². The van der Waals surface area contributed by atoms with E-state index in [1.54, 1.807) is 25.3 Å². The van der Waals surface area contributed by atoms with Crippen LogP contribution < -0.4 is 0 Å². The summed E-state index contributed by atoms with van der Waals surface area (Å²) >= 11 is 0. The Labute approximate surface area is 122 Å². The van der Waals surface area contributed by atoms with Crippen molar-refractivity contribution < 1.29 is 19.7 Å². The van der Waals surface area contributed by atoms with Gasteiger partial charge in [0.1, 0.15) is 6.10 Å². The van der Waals surface area contributed by atoms with Gasteiger partial charge in [-0.15, -0.1) is 0 Å². The molecule has 0 spiro atoms. The van der Waals surface area contributed by atoms with Crippen molar-refractivity contribution >= 4 is 5.97 Å². The largest absolute Gasteiger partial charge is 0.466 e. The maximum absolute atomic E-state index is 11.3. The maximum Gasteiger partial charge on any atom is 0.308 e. The molecule has 112 valence electrons. The number of nitrogens with one attached hydrogen (secondary N) is 1. The van der Waals surface area contributed by atoms with Crippen LogP contribution in [0.5, 0.6) is 0 Å². The molecule has 0 saturated heterocycles. The van der Waals surface area contributed by atoms with Gasteiger partial charge in [0.05, 0.1) is 24.8 Å². The molecule has 2 unspecified atom stereocenters. The van der Waals surface area contributed by atoms with Gasteiger partial charge in [-0.25, -0.2) is 0 Å². The van der Waals surface area contributed by atoms with E-state index in [0.29, 0.717) is 5.56 Å². The van der Waals surface area contributed by atoms with Gasteiger partial charge < -0.3 is 14.9 Å². The Hall–Kier alpha value is -2.18. The van der Waals surface area contributed by atoms with Gasteiger partial charge >= 0.3 is 5.97 Å². The summed E-state index contributed by atoms with van der Waals surface area (Å²) in [5.74, 6) is -0.530. The summed E-state index contributed by atoms with van der Waals surface area (Å²) < 4.78 is 4.75. The number of aliphatic hydroxyl groups is 2. The molecule has 0 bridgehead atoms. The lowest BCUT2D eigenvalue weighted by Crippen LogP contribution is -2.23. The van der Waals surface area contributed by atoms with Crippen molar-refractivity contribution in [1.29, 1.82) is 0 Å². The number of aromatic amines is 1. The summed E-state index contributed by atoms with van der Waals surface area (Å²) in [6, 6.07) is 8.86. The molecular weight excluding hydrogens is 272 g/mol. The zero-order valence-corrected chi connectivity index (χ0v) is 11.7. The van der Waals surface area contributed by atoms with Crippen molar-refractivity contribution in [3.8, 4) is 11.3 Å². The Morgan fingerprint density at radius 1 is 1.29 bits per heavy atom. The zero-order chi connectivity index (χ0) is 15.2. The average Bonchev–Trinajstić information content (AvgIpc) is 3.01. The number of aromatic nitrogens is 2. The SMILES string of the molecule is CCOC(=O)CC(O)C(O)c1ccc(-c2ccn[nH]2)cc1. The van der Waals surface area contributed by atoms with Crippen molar-refractivity contribution in [2.75, 3.05) is 6.61 Å². The van der Waals surface area contributed by atoms with Crippen LogP contribution in [-0.4, -0.2) is 39.1 Å². The molecule has 2 atom stereocenters. The van der Waals surface area contributed by atoms with Crippen LogP contribution in [0.1, 0.15) is 25.0 Å². The number of benzene rings is 1. The van der Waals surface area contributed by atoms with E-state index in [0.717, 1.165) is 11.3 Å². The minimum atomic E-state index is -1.19. The highest BCUT2D eigenvalue weighted by Gasteiger charge is 2.22. The highest BCUT2D eigenvalue weighted by atomic mass is 16.5. The number of ether oxygens (including phenoxy) is 1. The number of rotatable bonds is 6. The zero-order valence-electron chi connectivity index (χ0n) is 11.7. The third-order valence-corrected chi connectivity index (χ3v) is 3.11. The second-order valence-corrected chi connectivity index (χ2v) is 4.61. The highest BCUT2D eigenvalue weighted by Crippen LogP contribution is 2.23. The topological polar surface area (TPSA) is 95.4 Å². The Morgan fingerprint density at radius 2 is 2.00 bits per heavy atom. The van der Waals surface area contributed by atoms with Gasteiger partial charge in [-0.2, -0.15) is 5.10 Å². The van der Waals surface area contributed by atoms with Crippen molar-refractivity contribution in [3.63, 3.8) is 0 Å². The quantitative estimate of drug-likeness (QED) is 0.699. The molecular formula is C15H18N2O4. The van der Waals surface area contributed by atoms with E-state index in [1.807, 2.05) is 18.2 Å². The normalized spacial score (nSPS) is 13.7. The lowest BCUT2D eigenvalue weighted by molar-refractivity contribution is -0.147. The smallest absolute Gasteiger partial charge is 0.308 e. The van der Waals surface area contributed by atoms with Crippen molar-refractivity contribution in [1.82, 2.24) is 10.2 Å². The first-order valence-corrected chi connectivity index (χ1v) is 6.73. The van der Waals surface area contributed by atoms with Crippen molar-refractivity contribution in [3.05, 3.63) is 42.1 Å². The summed E-state index contributed by atoms with van der Waals surface area (Å²) in [7, 11) is 0. The summed E-state index contributed by atoms with van der Waals surface area (Å²) in [6.45, 7) is 1.94. The van der Waals surface area contributed by atoms with Gasteiger partial charge in [0, 0.05) is 6.20 Å². The van der Waals surface area contributed by atoms with Gasteiger partial charge in [0.25, 0.3) is 0 Å². The molecule has 2 rings (SSSR count). The third kappa shape index (κ3) is 3.90. The van der Waals surface area contributed by atoms with Crippen LogP contribution in [0.15, 0.2) is 36.5 Å². The molecule has 0 saturated carbocycles. The van der Waals surface area contributed by atoms with E-state index < -0.39 is 18.2 Å². The molecule has 21 heavy (non-hydrogen) atoms. The lowest BCUT2D eigenvalue weighted by Gasteiger charge is -2.17. The van der Waals surface area contributed by atoms with Gasteiger partial charge in [-0.05, 0) is 24.1 Å². The Morgan fingerprint density at radius 3 is 2.57 bits per heavy atom. The number of nitrogens with zero attached hydrogens (tertiary/aromatic N) is 1. The monoisotopic (exact) mass is 290 g/mol. The minimum Gasteiger partial charge on any atom is -0.466 e. The van der Waals surface area contributed by atoms with Crippen LogP contribution in [0.4, 0.5) is 0 Å². The molecule has 0 radical (unpaired) electrons. The van der Waals surface area contributed by atoms with E-state index in [1.165, 1.54) is 0 Å². The number of hydrogen-bond acceptors (Lipinski definition) is 5. The lowest BCUT2D eigenvalue weighted by atomic mass is 10.00. The summed E-state index contributed by atoms with van der Waals surface area (Å²) in [5.41, 5.74) is 2.32. The molecule has 0 fully saturated rings. The second-order valence-electron chi connectivity index (χ2n) is 4.61. The van der Waals surface area contributed by atoms with Crippen LogP contribution in [0.2, 0.25) is 0 Å². The van der Waals surface area contributed by atoms with Crippen molar-refractivity contribution in [2.45, 2.75) is 25.6 Å². The molecule has 1 aromatic carbocycles. The fourth-order valence-corrected chi connectivity index (χ4v) is 2.00. The summed E-state index contributed by atoms with van der Waals surface area (Å²) in [4.78, 5) is 11.3. The molecule has 6 heteroatoms. The number of H-pyrrole nitrogens is 1. The van der Waals surface area contributed by atoms with E-state index in [4.69, 9.17) is 4.74 Å². The Bertz CT molecular complexity index is 566. The Balaban J connectivity index is 2.02. The van der Waals surface area contributed by atoms with Crippen LogP contribution >= 0.6 is 0 Å². The van der Waals surface area contributed by atoms with Gasteiger partial charge in [0.2, 0.25) is 0 Å². The molecule has 0 aliphatic rings. The first kappa shape index (κ1) is 15.2. The third-order valence-electron chi connectivity index (χ3n) is 3.11. The number of aliphatic hydroxyl groups excluding tert-OH is 2. The molecule has 0 amide bonds. The van der Waals surface area contributed by atoms with E-state index >= 15 is 0 Å². The highest BCUT2D eigenvalue weighted by molar-refractivity contribution is 5.70. The first-order chi connectivity index (χ1) is 10.1. The molecule has 1 heterocycles. The predicted octanol–water partition coefficient (Wildman–Crippen LogP) is 1.42. The van der Waals surface area contributed by atoms with Crippen molar-refractivity contribution in [2.24, 2.45) is 0 Å². The van der Waals surface area contributed by atoms with E-state index in [-0.39, 0.29) is 13.0 Å². The number of esters is 1. The molecule has 2 aromatic rings. The van der Waals surface area contributed by atoms with Gasteiger partial charge in [0.15, 0.2) is 0 Å². The summed E-state index contributed by atoms with van der Waals surface area (Å²) in [5, 5.41) is 26.6. The fraction of sp³-hybridized carbons (Fsp3) is 0.333. The fourth-order valence-electron chi connectivity index (χ4n) is 2.00. The average molecular weight is 290 g/mol. The van der Waals surface area contributed by atoms with E-state index in [9.17, 15) is 15.0 Å². The molecule has 0 aliphatic carbocycles. The first-order valence-electron chi connectivity index (χ1n) is 6.73. The van der Waals surface area contributed by atoms with Crippen LogP contribution in [0, 0.1) is 0 Å².